The molecule has 5 nitrogen and oxygen atoms in total. The first-order valence-electron chi connectivity index (χ1n) is 8.67. The summed E-state index contributed by atoms with van der Waals surface area (Å²) in [5.74, 6) is 1.16. The minimum Gasteiger partial charge on any atom is -0.333 e. The summed E-state index contributed by atoms with van der Waals surface area (Å²) in [6, 6.07) is 8.23. The molecule has 1 aromatic carbocycles. The number of hydrogen-bond acceptors (Lipinski definition) is 4. The van der Waals surface area contributed by atoms with Crippen LogP contribution in [0.1, 0.15) is 39.0 Å². The van der Waals surface area contributed by atoms with Crippen LogP contribution >= 0.6 is 11.8 Å². The van der Waals surface area contributed by atoms with Crippen LogP contribution < -0.4 is 0 Å². The molecule has 3 rings (SSSR count). The molecular weight excluding hydrogens is 342 g/mol. The van der Waals surface area contributed by atoms with Gasteiger partial charge in [0.25, 0.3) is 0 Å². The van der Waals surface area contributed by atoms with Crippen LogP contribution in [0.4, 0.5) is 0 Å². The first kappa shape index (κ1) is 17.8. The van der Waals surface area contributed by atoms with Crippen LogP contribution in [-0.2, 0) is 10.0 Å². The van der Waals surface area contributed by atoms with Gasteiger partial charge in [0.1, 0.15) is 0 Å². The molecule has 1 heterocycles. The Morgan fingerprint density at radius 1 is 1.29 bits per heavy atom. The third-order valence-electron chi connectivity index (χ3n) is 4.20. The summed E-state index contributed by atoms with van der Waals surface area (Å²) >= 11 is 1.66. The summed E-state index contributed by atoms with van der Waals surface area (Å²) in [5.41, 5.74) is 2.02. The molecule has 7 heteroatoms. The predicted molar refractivity (Wildman–Crippen MR) is 99.9 cm³/mol. The Balaban J connectivity index is 1.50. The van der Waals surface area contributed by atoms with Crippen LogP contribution in [0.5, 0.6) is 0 Å². The summed E-state index contributed by atoms with van der Waals surface area (Å²) in [6.45, 7) is 2.66. The standard InChI is InChI=1S/C17H25N3O2S2/c1-2-3-13-24(21,22)20(14-9-10-14)11-6-12-23-17-18-15-7-4-5-8-16(15)19-17/h4-5,7-8,14H,2-3,6,9-13H2,1H3,(H,18,19). The molecule has 1 aromatic heterocycles. The van der Waals surface area contributed by atoms with E-state index in [-0.39, 0.29) is 11.8 Å². The molecule has 1 aliphatic rings. The van der Waals surface area contributed by atoms with E-state index in [1.807, 2.05) is 31.2 Å². The quantitative estimate of drug-likeness (QED) is 0.514. The molecule has 1 fully saturated rings. The molecule has 0 saturated heterocycles. The van der Waals surface area contributed by atoms with Crippen molar-refractivity contribution in [3.05, 3.63) is 24.3 Å². The highest BCUT2D eigenvalue weighted by Crippen LogP contribution is 2.30. The van der Waals surface area contributed by atoms with E-state index in [1.54, 1.807) is 16.1 Å². The number of nitrogens with one attached hydrogen (secondary N) is 1. The molecule has 1 saturated carbocycles. The van der Waals surface area contributed by atoms with Gasteiger partial charge in [-0.1, -0.05) is 37.2 Å². The number of H-pyrrole nitrogens is 1. The van der Waals surface area contributed by atoms with Crippen molar-refractivity contribution in [1.29, 1.82) is 0 Å². The molecule has 24 heavy (non-hydrogen) atoms. The normalized spacial score (nSPS) is 15.4. The third kappa shape index (κ3) is 4.52. The van der Waals surface area contributed by atoms with Gasteiger partial charge in [0.05, 0.1) is 16.8 Å². The highest BCUT2D eigenvalue weighted by molar-refractivity contribution is 7.99. The maximum Gasteiger partial charge on any atom is 0.214 e. The SMILES string of the molecule is CCCCS(=O)(=O)N(CCCSc1nc2ccccc2[nH]1)C1CC1. The Hall–Kier alpha value is -1.05. The fraction of sp³-hybridized carbons (Fsp3) is 0.588. The highest BCUT2D eigenvalue weighted by Gasteiger charge is 2.36. The van der Waals surface area contributed by atoms with Crippen molar-refractivity contribution in [3.63, 3.8) is 0 Å². The zero-order chi connectivity index (χ0) is 17.0. The van der Waals surface area contributed by atoms with Crippen molar-refractivity contribution in [2.24, 2.45) is 0 Å². The van der Waals surface area contributed by atoms with Crippen molar-refractivity contribution in [1.82, 2.24) is 14.3 Å². The molecule has 1 N–H and O–H groups in total. The molecule has 0 spiro atoms. The predicted octanol–water partition coefficient (Wildman–Crippen LogP) is 3.64. The molecule has 0 radical (unpaired) electrons. The zero-order valence-electron chi connectivity index (χ0n) is 14.1. The molecular formula is C17H25N3O2S2. The monoisotopic (exact) mass is 367 g/mol. The lowest BCUT2D eigenvalue weighted by molar-refractivity contribution is 0.403. The number of fused-ring (bicyclic) bond motifs is 1. The van der Waals surface area contributed by atoms with Crippen LogP contribution in [0, 0.1) is 0 Å². The number of sulfonamides is 1. The van der Waals surface area contributed by atoms with Gasteiger partial charge in [0, 0.05) is 18.3 Å². The molecule has 132 valence electrons. The van der Waals surface area contributed by atoms with Gasteiger partial charge >= 0.3 is 0 Å². The number of imidazole rings is 1. The molecule has 0 amide bonds. The fourth-order valence-corrected chi connectivity index (χ4v) is 5.51. The molecule has 2 aromatic rings. The first-order valence-corrected chi connectivity index (χ1v) is 11.3. The van der Waals surface area contributed by atoms with Crippen LogP contribution in [-0.4, -0.2) is 46.8 Å². The number of rotatable bonds is 10. The number of aromatic nitrogens is 2. The molecule has 0 aliphatic heterocycles. The van der Waals surface area contributed by atoms with E-state index in [2.05, 4.69) is 9.97 Å². The lowest BCUT2D eigenvalue weighted by atomic mass is 10.3. The average molecular weight is 368 g/mol. The van der Waals surface area contributed by atoms with E-state index in [9.17, 15) is 8.42 Å². The zero-order valence-corrected chi connectivity index (χ0v) is 15.7. The third-order valence-corrected chi connectivity index (χ3v) is 7.16. The molecule has 0 unspecified atom stereocenters. The van der Waals surface area contributed by atoms with Gasteiger partial charge in [0.2, 0.25) is 10.0 Å². The van der Waals surface area contributed by atoms with Crippen molar-refractivity contribution < 1.29 is 8.42 Å². The van der Waals surface area contributed by atoms with E-state index in [0.29, 0.717) is 6.54 Å². The Morgan fingerprint density at radius 2 is 2.08 bits per heavy atom. The van der Waals surface area contributed by atoms with Gasteiger partial charge in [-0.2, -0.15) is 4.31 Å². The van der Waals surface area contributed by atoms with Gasteiger partial charge < -0.3 is 4.98 Å². The number of para-hydroxylation sites is 2. The van der Waals surface area contributed by atoms with E-state index < -0.39 is 10.0 Å². The largest absolute Gasteiger partial charge is 0.333 e. The first-order chi connectivity index (χ1) is 11.6. The van der Waals surface area contributed by atoms with Gasteiger partial charge in [-0.05, 0) is 37.8 Å². The Labute approximate surface area is 148 Å². The van der Waals surface area contributed by atoms with Gasteiger partial charge in [-0.15, -0.1) is 0 Å². The van der Waals surface area contributed by atoms with Crippen molar-refractivity contribution >= 4 is 32.8 Å². The highest BCUT2D eigenvalue weighted by atomic mass is 32.2. The van der Waals surface area contributed by atoms with Crippen LogP contribution in [0.2, 0.25) is 0 Å². The maximum absolute atomic E-state index is 12.5. The molecule has 0 bridgehead atoms. The van der Waals surface area contributed by atoms with Crippen molar-refractivity contribution in [2.45, 2.75) is 50.2 Å². The van der Waals surface area contributed by atoms with Crippen molar-refractivity contribution in [2.75, 3.05) is 18.1 Å². The summed E-state index contributed by atoms with van der Waals surface area (Å²) in [6.07, 6.45) is 4.55. The number of hydrogen-bond donors (Lipinski definition) is 1. The lowest BCUT2D eigenvalue weighted by Crippen LogP contribution is -2.36. The van der Waals surface area contributed by atoms with Crippen LogP contribution in [0.15, 0.2) is 29.4 Å². The number of thioether (sulfide) groups is 1. The molecule has 0 atom stereocenters. The van der Waals surface area contributed by atoms with E-state index in [0.717, 1.165) is 54.0 Å². The smallest absolute Gasteiger partial charge is 0.214 e. The summed E-state index contributed by atoms with van der Waals surface area (Å²) in [7, 11) is -3.09. The maximum atomic E-state index is 12.5. The average Bonchev–Trinajstić information content (AvgIpc) is 3.31. The summed E-state index contributed by atoms with van der Waals surface area (Å²) in [5, 5.41) is 0.906. The number of benzene rings is 1. The minimum atomic E-state index is -3.09. The second-order valence-electron chi connectivity index (χ2n) is 6.27. The summed E-state index contributed by atoms with van der Waals surface area (Å²) < 4.78 is 26.7. The van der Waals surface area contributed by atoms with Crippen molar-refractivity contribution in [3.8, 4) is 0 Å². The molecule has 1 aliphatic carbocycles. The lowest BCUT2D eigenvalue weighted by Gasteiger charge is -2.21. The summed E-state index contributed by atoms with van der Waals surface area (Å²) in [4.78, 5) is 7.84. The van der Waals surface area contributed by atoms with Gasteiger partial charge in [0.15, 0.2) is 5.16 Å². The number of unbranched alkanes of at least 4 members (excludes halogenated alkanes) is 1. The minimum absolute atomic E-state index is 0.253. The Bertz CT molecular complexity index is 736. The second-order valence-corrected chi connectivity index (χ2v) is 9.40. The fourth-order valence-electron chi connectivity index (χ4n) is 2.74. The second kappa shape index (κ2) is 7.89. The van der Waals surface area contributed by atoms with Crippen LogP contribution in [0.25, 0.3) is 11.0 Å². The topological polar surface area (TPSA) is 66.1 Å². The Kier molecular flexibility index (Phi) is 5.84. The van der Waals surface area contributed by atoms with Gasteiger partial charge in [-0.25, -0.2) is 13.4 Å². The van der Waals surface area contributed by atoms with E-state index in [1.165, 1.54) is 0 Å². The van der Waals surface area contributed by atoms with E-state index in [4.69, 9.17) is 0 Å². The van der Waals surface area contributed by atoms with E-state index >= 15 is 0 Å². The Morgan fingerprint density at radius 3 is 2.79 bits per heavy atom. The number of nitrogens with zero attached hydrogens (tertiary/aromatic N) is 2. The van der Waals surface area contributed by atoms with Crippen LogP contribution in [0.3, 0.4) is 0 Å². The number of aromatic amines is 1. The van der Waals surface area contributed by atoms with Gasteiger partial charge in [-0.3, -0.25) is 0 Å².